The zero-order valence-corrected chi connectivity index (χ0v) is 19.9. The number of nitrogens with one attached hydrogen (secondary N) is 2. The van der Waals surface area contributed by atoms with Gasteiger partial charge in [-0.15, -0.1) is 0 Å². The molecule has 0 saturated carbocycles. The van der Waals surface area contributed by atoms with Crippen LogP contribution in [0.2, 0.25) is 0 Å². The molecule has 2 N–H and O–H groups in total. The summed E-state index contributed by atoms with van der Waals surface area (Å²) >= 11 is 0. The summed E-state index contributed by atoms with van der Waals surface area (Å²) in [6.45, 7) is 4.56. The predicted octanol–water partition coefficient (Wildman–Crippen LogP) is 3.78. The number of ether oxygens (including phenoxy) is 1. The van der Waals surface area contributed by atoms with Crippen molar-refractivity contribution in [3.05, 3.63) is 70.5 Å². The molecule has 0 saturated heterocycles. The largest absolute Gasteiger partial charge is 0.497 e. The van der Waals surface area contributed by atoms with Gasteiger partial charge in [0.2, 0.25) is 21.7 Å². The van der Waals surface area contributed by atoms with E-state index >= 15 is 0 Å². The van der Waals surface area contributed by atoms with Gasteiger partial charge in [0, 0.05) is 25.3 Å². The predicted molar refractivity (Wildman–Crippen MR) is 129 cm³/mol. The van der Waals surface area contributed by atoms with Crippen molar-refractivity contribution >= 4 is 33.0 Å². The highest BCUT2D eigenvalue weighted by atomic mass is 32.2. The molecule has 0 aliphatic carbocycles. The molecule has 0 atom stereocenters. The van der Waals surface area contributed by atoms with Gasteiger partial charge in [-0.2, -0.15) is 4.31 Å². The molecule has 3 aromatic rings. The minimum absolute atomic E-state index is 0.0171. The fourth-order valence-corrected chi connectivity index (χ4v) is 4.72. The quantitative estimate of drug-likeness (QED) is 0.306. The molecular formula is C22H26N6O5S. The van der Waals surface area contributed by atoms with Crippen LogP contribution in [0.15, 0.2) is 59.8 Å². The normalized spacial score (nSPS) is 11.3. The van der Waals surface area contributed by atoms with E-state index in [-0.39, 0.29) is 22.2 Å². The summed E-state index contributed by atoms with van der Waals surface area (Å²) in [6.07, 6.45) is 1.21. The average Bonchev–Trinajstić information content (AvgIpc) is 2.84. The number of anilines is 3. The highest BCUT2D eigenvalue weighted by Gasteiger charge is 2.24. The van der Waals surface area contributed by atoms with E-state index < -0.39 is 14.9 Å². The zero-order valence-electron chi connectivity index (χ0n) is 19.1. The van der Waals surface area contributed by atoms with E-state index in [4.69, 9.17) is 4.74 Å². The topological polar surface area (TPSA) is 140 Å². The molecule has 0 fully saturated rings. The maximum absolute atomic E-state index is 12.7. The molecule has 0 spiro atoms. The number of nitrogens with zero attached hydrogens (tertiary/aromatic N) is 4. The van der Waals surface area contributed by atoms with E-state index in [1.165, 1.54) is 34.9 Å². The number of aromatic nitrogens is 2. The second kappa shape index (κ2) is 10.9. The molecule has 1 heterocycles. The van der Waals surface area contributed by atoms with Crippen LogP contribution in [-0.4, -0.2) is 47.8 Å². The Kier molecular flexibility index (Phi) is 7.97. The van der Waals surface area contributed by atoms with Crippen LogP contribution in [0.25, 0.3) is 0 Å². The van der Waals surface area contributed by atoms with Crippen molar-refractivity contribution in [2.75, 3.05) is 30.8 Å². The van der Waals surface area contributed by atoms with Crippen molar-refractivity contribution in [2.45, 2.75) is 25.3 Å². The Hall–Kier alpha value is -3.77. The van der Waals surface area contributed by atoms with Crippen LogP contribution in [0.3, 0.4) is 0 Å². The van der Waals surface area contributed by atoms with Crippen molar-refractivity contribution in [3.8, 4) is 5.75 Å². The Bertz CT molecular complexity index is 1230. The van der Waals surface area contributed by atoms with Gasteiger partial charge in [-0.25, -0.2) is 18.4 Å². The third-order valence-corrected chi connectivity index (χ3v) is 7.15. The van der Waals surface area contributed by atoms with Crippen LogP contribution in [0, 0.1) is 10.1 Å². The Balaban J connectivity index is 1.81. The molecule has 3 rings (SSSR count). The van der Waals surface area contributed by atoms with Gasteiger partial charge in [-0.1, -0.05) is 26.0 Å². The van der Waals surface area contributed by atoms with Crippen LogP contribution in [0.4, 0.5) is 23.0 Å². The number of sulfonamides is 1. The lowest BCUT2D eigenvalue weighted by atomic mass is 10.2. The monoisotopic (exact) mass is 486 g/mol. The van der Waals surface area contributed by atoms with Gasteiger partial charge in [0.25, 0.3) is 0 Å². The lowest BCUT2D eigenvalue weighted by molar-refractivity contribution is -0.383. The molecule has 0 radical (unpaired) electrons. The highest BCUT2D eigenvalue weighted by molar-refractivity contribution is 7.89. The lowest BCUT2D eigenvalue weighted by Crippen LogP contribution is -2.30. The third kappa shape index (κ3) is 5.58. The van der Waals surface area contributed by atoms with Crippen molar-refractivity contribution in [2.24, 2.45) is 0 Å². The summed E-state index contributed by atoms with van der Waals surface area (Å²) < 4.78 is 31.8. The van der Waals surface area contributed by atoms with E-state index in [2.05, 4.69) is 20.6 Å². The third-order valence-electron chi connectivity index (χ3n) is 5.08. The number of hydrogen-bond acceptors (Lipinski definition) is 9. The molecule has 0 aliphatic heterocycles. The van der Waals surface area contributed by atoms with Gasteiger partial charge < -0.3 is 15.4 Å². The summed E-state index contributed by atoms with van der Waals surface area (Å²) in [5.74, 6) is 0.745. The summed E-state index contributed by atoms with van der Waals surface area (Å²) in [5.41, 5.74) is 1.01. The smallest absolute Gasteiger partial charge is 0.353 e. The first-order valence-corrected chi connectivity index (χ1v) is 12.0. The molecule has 0 aliphatic rings. The molecule has 34 heavy (non-hydrogen) atoms. The first kappa shape index (κ1) is 24.9. The van der Waals surface area contributed by atoms with Gasteiger partial charge in [-0.3, -0.25) is 10.1 Å². The van der Waals surface area contributed by atoms with Crippen LogP contribution in [0.1, 0.15) is 19.4 Å². The number of rotatable bonds is 11. The van der Waals surface area contributed by atoms with Gasteiger partial charge in [-0.05, 0) is 42.0 Å². The van der Waals surface area contributed by atoms with Crippen molar-refractivity contribution < 1.29 is 18.1 Å². The van der Waals surface area contributed by atoms with Gasteiger partial charge in [0.05, 0.1) is 16.9 Å². The summed E-state index contributed by atoms with van der Waals surface area (Å²) in [5, 5.41) is 17.7. The second-order valence-corrected chi connectivity index (χ2v) is 9.05. The van der Waals surface area contributed by atoms with E-state index in [1.54, 1.807) is 33.1 Å². The average molecular weight is 487 g/mol. The molecule has 11 nitrogen and oxygen atoms in total. The van der Waals surface area contributed by atoms with Crippen molar-refractivity contribution in [1.82, 2.24) is 14.3 Å². The molecule has 1 aromatic heterocycles. The Morgan fingerprint density at radius 2 is 1.62 bits per heavy atom. The first-order valence-electron chi connectivity index (χ1n) is 10.5. The molecule has 0 unspecified atom stereocenters. The Morgan fingerprint density at radius 1 is 1.00 bits per heavy atom. The van der Waals surface area contributed by atoms with Gasteiger partial charge in [0.15, 0.2) is 0 Å². The maximum atomic E-state index is 12.7. The summed E-state index contributed by atoms with van der Waals surface area (Å²) in [4.78, 5) is 19.4. The SMILES string of the molecule is CCN(CC)S(=O)(=O)c1ccc(Nc2ncnc(NCc3ccc(OC)cc3)c2[N+](=O)[O-])cc1. The van der Waals surface area contributed by atoms with Crippen LogP contribution in [-0.2, 0) is 16.6 Å². The summed E-state index contributed by atoms with van der Waals surface area (Å²) in [6, 6.07) is 13.2. The van der Waals surface area contributed by atoms with E-state index in [0.29, 0.717) is 31.1 Å². The number of nitro groups is 1. The van der Waals surface area contributed by atoms with Crippen LogP contribution >= 0.6 is 0 Å². The number of hydrogen-bond donors (Lipinski definition) is 2. The Morgan fingerprint density at radius 3 is 2.18 bits per heavy atom. The molecule has 180 valence electrons. The summed E-state index contributed by atoms with van der Waals surface area (Å²) in [7, 11) is -2.03. The molecule has 2 aromatic carbocycles. The standard InChI is InChI=1S/C22H26N6O5S/c1-4-27(5-2)34(31,32)19-12-8-17(9-13-19)26-22-20(28(29)30)21(24-15-25-22)23-14-16-6-10-18(33-3)11-7-16/h6-13,15H,4-5,14H2,1-3H3,(H2,23,24,25,26). The van der Waals surface area contributed by atoms with Gasteiger partial charge >= 0.3 is 5.69 Å². The zero-order chi connectivity index (χ0) is 24.7. The molecule has 12 heteroatoms. The molecule has 0 bridgehead atoms. The first-order chi connectivity index (χ1) is 16.3. The van der Waals surface area contributed by atoms with E-state index in [0.717, 1.165) is 5.56 Å². The fourth-order valence-electron chi connectivity index (χ4n) is 3.26. The van der Waals surface area contributed by atoms with Crippen LogP contribution < -0.4 is 15.4 Å². The highest BCUT2D eigenvalue weighted by Crippen LogP contribution is 2.32. The lowest BCUT2D eigenvalue weighted by Gasteiger charge is -2.18. The molecular weight excluding hydrogens is 460 g/mol. The number of benzene rings is 2. The van der Waals surface area contributed by atoms with Crippen molar-refractivity contribution in [3.63, 3.8) is 0 Å². The minimum atomic E-state index is -3.60. The fraction of sp³-hybridized carbons (Fsp3) is 0.273. The Labute approximate surface area is 198 Å². The number of methoxy groups -OCH3 is 1. The minimum Gasteiger partial charge on any atom is -0.497 e. The second-order valence-electron chi connectivity index (χ2n) is 7.12. The van der Waals surface area contributed by atoms with Gasteiger partial charge in [0.1, 0.15) is 12.1 Å². The van der Waals surface area contributed by atoms with Crippen molar-refractivity contribution in [1.29, 1.82) is 0 Å². The molecule has 0 amide bonds. The van der Waals surface area contributed by atoms with E-state index in [9.17, 15) is 18.5 Å². The van der Waals surface area contributed by atoms with Crippen LogP contribution in [0.5, 0.6) is 5.75 Å². The van der Waals surface area contributed by atoms with E-state index in [1.807, 2.05) is 12.1 Å². The maximum Gasteiger partial charge on any atom is 0.353 e.